The Labute approximate surface area is 138 Å². The Hall–Kier alpha value is -1.75. The second kappa shape index (κ2) is 5.80. The molecule has 0 atom stereocenters. The number of sulfonamides is 1. The van der Waals surface area contributed by atoms with Gasteiger partial charge in [-0.2, -0.15) is 0 Å². The number of benzene rings is 3. The van der Waals surface area contributed by atoms with Crippen molar-refractivity contribution < 1.29 is 8.42 Å². The molecule has 3 aromatic rings. The minimum Gasteiger partial charge on any atom is -0.279 e. The highest BCUT2D eigenvalue weighted by Crippen LogP contribution is 2.28. The van der Waals surface area contributed by atoms with E-state index >= 15 is 0 Å². The van der Waals surface area contributed by atoms with E-state index in [1.165, 1.54) is 18.2 Å². The van der Waals surface area contributed by atoms with Crippen LogP contribution in [0, 0.1) is 0 Å². The molecule has 0 saturated carbocycles. The number of nitrogens with one attached hydrogen (secondary N) is 1. The summed E-state index contributed by atoms with van der Waals surface area (Å²) in [5.74, 6) is 0. The first-order chi connectivity index (χ1) is 10.5. The predicted molar refractivity (Wildman–Crippen MR) is 91.2 cm³/mol. The molecule has 0 aromatic heterocycles. The maximum Gasteiger partial charge on any atom is 0.261 e. The summed E-state index contributed by atoms with van der Waals surface area (Å²) in [7, 11) is -3.74. The van der Waals surface area contributed by atoms with Gasteiger partial charge < -0.3 is 0 Å². The van der Waals surface area contributed by atoms with E-state index in [1.807, 2.05) is 30.3 Å². The molecule has 0 radical (unpaired) electrons. The van der Waals surface area contributed by atoms with Gasteiger partial charge in [0.25, 0.3) is 10.0 Å². The highest BCUT2D eigenvalue weighted by atomic mass is 35.5. The number of rotatable bonds is 3. The normalized spacial score (nSPS) is 11.5. The molecule has 22 heavy (non-hydrogen) atoms. The molecule has 0 aliphatic carbocycles. The highest BCUT2D eigenvalue weighted by Gasteiger charge is 2.16. The zero-order valence-electron chi connectivity index (χ0n) is 11.3. The molecule has 0 unspecified atom stereocenters. The first-order valence-corrected chi connectivity index (χ1v) is 8.67. The minimum atomic E-state index is -3.74. The van der Waals surface area contributed by atoms with Crippen LogP contribution in [0.25, 0.3) is 10.8 Å². The molecule has 0 amide bonds. The largest absolute Gasteiger partial charge is 0.279 e. The van der Waals surface area contributed by atoms with Gasteiger partial charge in [0.1, 0.15) is 0 Å². The third-order valence-electron chi connectivity index (χ3n) is 3.24. The van der Waals surface area contributed by atoms with Crippen LogP contribution in [0.1, 0.15) is 0 Å². The van der Waals surface area contributed by atoms with Crippen LogP contribution < -0.4 is 4.72 Å². The molecule has 1 N–H and O–H groups in total. The van der Waals surface area contributed by atoms with Gasteiger partial charge in [-0.05, 0) is 29.7 Å². The van der Waals surface area contributed by atoms with Crippen molar-refractivity contribution in [2.45, 2.75) is 4.90 Å². The second-order valence-corrected chi connectivity index (χ2v) is 7.20. The van der Waals surface area contributed by atoms with E-state index < -0.39 is 10.0 Å². The average Bonchev–Trinajstić information content (AvgIpc) is 2.50. The van der Waals surface area contributed by atoms with Gasteiger partial charge in [0.2, 0.25) is 0 Å². The lowest BCUT2D eigenvalue weighted by molar-refractivity contribution is 0.601. The number of anilines is 1. The van der Waals surface area contributed by atoms with Gasteiger partial charge in [-0.25, -0.2) is 8.42 Å². The molecule has 112 valence electrons. The number of hydrogen-bond acceptors (Lipinski definition) is 2. The van der Waals surface area contributed by atoms with Crippen LogP contribution >= 0.6 is 23.2 Å². The fourth-order valence-electron chi connectivity index (χ4n) is 2.16. The third kappa shape index (κ3) is 2.90. The molecule has 0 fully saturated rings. The van der Waals surface area contributed by atoms with Crippen LogP contribution in [-0.4, -0.2) is 8.42 Å². The molecule has 0 aliphatic rings. The second-order valence-electron chi connectivity index (χ2n) is 4.71. The Kier molecular flexibility index (Phi) is 4.00. The van der Waals surface area contributed by atoms with E-state index in [9.17, 15) is 8.42 Å². The van der Waals surface area contributed by atoms with Gasteiger partial charge >= 0.3 is 0 Å². The molecule has 3 nitrogen and oxygen atoms in total. The first-order valence-electron chi connectivity index (χ1n) is 6.43. The Morgan fingerprint density at radius 3 is 2.32 bits per heavy atom. The summed E-state index contributed by atoms with van der Waals surface area (Å²) in [6.07, 6.45) is 0. The highest BCUT2D eigenvalue weighted by molar-refractivity contribution is 7.92. The van der Waals surface area contributed by atoms with E-state index in [4.69, 9.17) is 23.2 Å². The fraction of sp³-hybridized carbons (Fsp3) is 0. The maximum atomic E-state index is 12.5. The van der Waals surface area contributed by atoms with Crippen molar-refractivity contribution in [3.05, 3.63) is 70.7 Å². The van der Waals surface area contributed by atoms with Crippen molar-refractivity contribution in [2.75, 3.05) is 4.72 Å². The van der Waals surface area contributed by atoms with Crippen LogP contribution in [0.2, 0.25) is 10.0 Å². The van der Waals surface area contributed by atoms with Crippen molar-refractivity contribution in [1.29, 1.82) is 0 Å². The average molecular weight is 352 g/mol. The Morgan fingerprint density at radius 1 is 0.818 bits per heavy atom. The summed E-state index contributed by atoms with van der Waals surface area (Å²) in [6.45, 7) is 0. The number of fused-ring (bicyclic) bond motifs is 1. The van der Waals surface area contributed by atoms with Crippen molar-refractivity contribution in [2.24, 2.45) is 0 Å². The summed E-state index contributed by atoms with van der Waals surface area (Å²) in [5.41, 5.74) is 0.518. The van der Waals surface area contributed by atoms with E-state index in [2.05, 4.69) is 4.72 Å². The molecule has 6 heteroatoms. The molecule has 0 saturated heterocycles. The minimum absolute atomic E-state index is 0.0647. The Balaban J connectivity index is 2.05. The predicted octanol–water partition coefficient (Wildman–Crippen LogP) is 4.95. The molecular formula is C16H11Cl2NO2S. The van der Waals surface area contributed by atoms with E-state index in [1.54, 1.807) is 12.1 Å². The molecule has 3 rings (SSSR count). The third-order valence-corrected chi connectivity index (χ3v) is 5.34. The zero-order chi connectivity index (χ0) is 15.7. The molecular weight excluding hydrogens is 341 g/mol. The number of halogens is 2. The SMILES string of the molecule is O=S(=O)(Nc1cccc2ccccc12)c1ccc(Cl)c(Cl)c1. The van der Waals surface area contributed by atoms with Crippen LogP contribution in [0.5, 0.6) is 0 Å². The first kappa shape index (κ1) is 15.2. The van der Waals surface area contributed by atoms with E-state index in [0.29, 0.717) is 10.7 Å². The molecule has 3 aromatic carbocycles. The van der Waals surface area contributed by atoms with Gasteiger partial charge in [-0.15, -0.1) is 0 Å². The zero-order valence-corrected chi connectivity index (χ0v) is 13.6. The van der Waals surface area contributed by atoms with Gasteiger partial charge in [0.15, 0.2) is 0 Å². The summed E-state index contributed by atoms with van der Waals surface area (Å²) in [5, 5.41) is 2.29. The van der Waals surface area contributed by atoms with Gasteiger partial charge in [-0.1, -0.05) is 59.6 Å². The molecule has 0 aliphatic heterocycles. The van der Waals surface area contributed by atoms with Crippen molar-refractivity contribution >= 4 is 49.7 Å². The van der Waals surface area contributed by atoms with Gasteiger partial charge in [0, 0.05) is 5.39 Å². The quantitative estimate of drug-likeness (QED) is 0.725. The molecule has 0 bridgehead atoms. The lowest BCUT2D eigenvalue weighted by Gasteiger charge is -2.11. The summed E-state index contributed by atoms with van der Waals surface area (Å²) in [6, 6.07) is 17.2. The number of hydrogen-bond donors (Lipinski definition) is 1. The molecule has 0 spiro atoms. The standard InChI is InChI=1S/C16H11Cl2NO2S/c17-14-9-8-12(10-15(14)18)22(20,21)19-16-7-3-5-11-4-1-2-6-13(11)16/h1-10,19H. The fourth-order valence-corrected chi connectivity index (χ4v) is 3.63. The monoisotopic (exact) mass is 351 g/mol. The maximum absolute atomic E-state index is 12.5. The summed E-state index contributed by atoms with van der Waals surface area (Å²) < 4.78 is 27.6. The Bertz CT molecular complexity index is 950. The van der Waals surface area contributed by atoms with Crippen molar-refractivity contribution in [3.63, 3.8) is 0 Å². The smallest absolute Gasteiger partial charge is 0.261 e. The summed E-state index contributed by atoms with van der Waals surface area (Å²) >= 11 is 11.7. The van der Waals surface area contributed by atoms with Gasteiger partial charge in [0.05, 0.1) is 20.6 Å². The van der Waals surface area contributed by atoms with Crippen LogP contribution in [-0.2, 0) is 10.0 Å². The van der Waals surface area contributed by atoms with Crippen LogP contribution in [0.4, 0.5) is 5.69 Å². The van der Waals surface area contributed by atoms with Crippen LogP contribution in [0.15, 0.2) is 65.6 Å². The Morgan fingerprint density at radius 2 is 1.55 bits per heavy atom. The van der Waals surface area contributed by atoms with Crippen molar-refractivity contribution in [3.8, 4) is 0 Å². The van der Waals surface area contributed by atoms with E-state index in [0.717, 1.165) is 10.8 Å². The lowest BCUT2D eigenvalue weighted by atomic mass is 10.1. The topological polar surface area (TPSA) is 46.2 Å². The van der Waals surface area contributed by atoms with Gasteiger partial charge in [-0.3, -0.25) is 4.72 Å². The lowest BCUT2D eigenvalue weighted by Crippen LogP contribution is -2.13. The summed E-state index contributed by atoms with van der Waals surface area (Å²) in [4.78, 5) is 0.0647. The van der Waals surface area contributed by atoms with Crippen molar-refractivity contribution in [1.82, 2.24) is 0 Å². The molecule has 0 heterocycles. The van der Waals surface area contributed by atoms with E-state index in [-0.39, 0.29) is 9.92 Å². The van der Waals surface area contributed by atoms with Crippen LogP contribution in [0.3, 0.4) is 0 Å².